The van der Waals surface area contributed by atoms with Crippen LogP contribution in [0, 0.1) is 3.57 Å². The lowest BCUT2D eigenvalue weighted by Gasteiger charge is -2.11. The van der Waals surface area contributed by atoms with Gasteiger partial charge in [-0.15, -0.1) is 0 Å². The van der Waals surface area contributed by atoms with Gasteiger partial charge in [0.1, 0.15) is 17.2 Å². The minimum atomic E-state index is -0.339. The van der Waals surface area contributed by atoms with E-state index in [0.29, 0.717) is 24.7 Å². The third-order valence-electron chi connectivity index (χ3n) is 3.50. The first kappa shape index (κ1) is 22.0. The Morgan fingerprint density at radius 1 is 1.00 bits per heavy atom. The molecule has 6 nitrogen and oxygen atoms in total. The van der Waals surface area contributed by atoms with Crippen LogP contribution < -0.4 is 19.6 Å². The Morgan fingerprint density at radius 2 is 1.68 bits per heavy atom. The zero-order valence-electron chi connectivity index (χ0n) is 16.1. The molecule has 1 amide bonds. The number of rotatable bonds is 11. The third-order valence-corrected chi connectivity index (χ3v) is 4.22. The van der Waals surface area contributed by atoms with Gasteiger partial charge in [-0.2, -0.15) is 5.10 Å². The standard InChI is InChI=1S/C21H25IN2O4/c1-3-11-26-19-8-5-16(20(13-19)27-12-4-2)14-23-24-21(25)15-28-18-9-6-17(22)7-10-18/h5-10,13-14H,3-4,11-12,15H2,1-2H3,(H,24,25)/b23-14+. The van der Waals surface area contributed by atoms with Crippen molar-refractivity contribution >= 4 is 34.7 Å². The summed E-state index contributed by atoms with van der Waals surface area (Å²) < 4.78 is 17.9. The van der Waals surface area contributed by atoms with Crippen LogP contribution in [0.2, 0.25) is 0 Å². The summed E-state index contributed by atoms with van der Waals surface area (Å²) in [5.41, 5.74) is 3.22. The number of carbonyl (C=O) groups is 1. The van der Waals surface area contributed by atoms with E-state index < -0.39 is 0 Å². The number of hydrazone groups is 1. The Hall–Kier alpha value is -2.29. The average molecular weight is 496 g/mol. The Morgan fingerprint density at radius 3 is 2.39 bits per heavy atom. The van der Waals surface area contributed by atoms with Crippen molar-refractivity contribution in [2.24, 2.45) is 5.10 Å². The van der Waals surface area contributed by atoms with Gasteiger partial charge in [0.25, 0.3) is 5.91 Å². The van der Waals surface area contributed by atoms with Gasteiger partial charge < -0.3 is 14.2 Å². The summed E-state index contributed by atoms with van der Waals surface area (Å²) in [7, 11) is 0. The number of amides is 1. The van der Waals surface area contributed by atoms with Gasteiger partial charge in [0, 0.05) is 15.2 Å². The van der Waals surface area contributed by atoms with Gasteiger partial charge in [-0.1, -0.05) is 13.8 Å². The highest BCUT2D eigenvalue weighted by molar-refractivity contribution is 14.1. The van der Waals surface area contributed by atoms with E-state index in [1.807, 2.05) is 49.4 Å². The van der Waals surface area contributed by atoms with Crippen molar-refractivity contribution in [3.05, 3.63) is 51.6 Å². The lowest BCUT2D eigenvalue weighted by Crippen LogP contribution is -2.24. The molecule has 0 spiro atoms. The van der Waals surface area contributed by atoms with E-state index in [0.717, 1.165) is 27.7 Å². The number of benzene rings is 2. The molecule has 2 rings (SSSR count). The molecule has 7 heteroatoms. The zero-order valence-corrected chi connectivity index (χ0v) is 18.3. The van der Waals surface area contributed by atoms with E-state index in [1.165, 1.54) is 0 Å². The molecule has 2 aromatic carbocycles. The molecule has 150 valence electrons. The number of nitrogens with one attached hydrogen (secondary N) is 1. The van der Waals surface area contributed by atoms with E-state index in [-0.39, 0.29) is 12.5 Å². The SMILES string of the molecule is CCCOc1ccc(/C=N/NC(=O)COc2ccc(I)cc2)c(OCCC)c1. The summed E-state index contributed by atoms with van der Waals surface area (Å²) in [5, 5.41) is 4.00. The smallest absolute Gasteiger partial charge is 0.277 e. The predicted octanol–water partition coefficient (Wildman–Crippen LogP) is 4.40. The Kier molecular flexibility index (Phi) is 9.61. The van der Waals surface area contributed by atoms with Crippen molar-refractivity contribution in [3.63, 3.8) is 0 Å². The fourth-order valence-electron chi connectivity index (χ4n) is 2.15. The molecule has 0 radical (unpaired) electrons. The fourth-order valence-corrected chi connectivity index (χ4v) is 2.51. The Balaban J connectivity index is 1.91. The lowest BCUT2D eigenvalue weighted by atomic mass is 10.2. The van der Waals surface area contributed by atoms with Gasteiger partial charge in [0.05, 0.1) is 19.4 Å². The summed E-state index contributed by atoms with van der Waals surface area (Å²) >= 11 is 2.21. The molecule has 0 unspecified atom stereocenters. The summed E-state index contributed by atoms with van der Waals surface area (Å²) in [6.07, 6.45) is 3.38. The Bertz CT molecular complexity index is 778. The molecule has 28 heavy (non-hydrogen) atoms. The second kappa shape index (κ2) is 12.2. The normalized spacial score (nSPS) is 10.7. The highest BCUT2D eigenvalue weighted by atomic mass is 127. The largest absolute Gasteiger partial charge is 0.493 e. The molecule has 0 atom stereocenters. The van der Waals surface area contributed by atoms with Crippen LogP contribution in [0.1, 0.15) is 32.3 Å². The van der Waals surface area contributed by atoms with E-state index in [9.17, 15) is 4.79 Å². The lowest BCUT2D eigenvalue weighted by molar-refractivity contribution is -0.123. The monoisotopic (exact) mass is 496 g/mol. The van der Waals surface area contributed by atoms with Gasteiger partial charge in [-0.3, -0.25) is 4.79 Å². The van der Waals surface area contributed by atoms with Crippen molar-refractivity contribution in [2.45, 2.75) is 26.7 Å². The van der Waals surface area contributed by atoms with Crippen LogP contribution in [0.25, 0.3) is 0 Å². The minimum absolute atomic E-state index is 0.110. The second-order valence-electron chi connectivity index (χ2n) is 5.93. The molecule has 1 N–H and O–H groups in total. The molecule has 0 aliphatic carbocycles. The van der Waals surface area contributed by atoms with E-state index in [4.69, 9.17) is 14.2 Å². The number of halogens is 1. The highest BCUT2D eigenvalue weighted by Crippen LogP contribution is 2.24. The maximum atomic E-state index is 11.9. The first-order valence-corrected chi connectivity index (χ1v) is 10.3. The van der Waals surface area contributed by atoms with Crippen LogP contribution in [0.5, 0.6) is 17.2 Å². The molecule has 0 saturated heterocycles. The predicted molar refractivity (Wildman–Crippen MR) is 118 cm³/mol. The van der Waals surface area contributed by atoms with Crippen molar-refractivity contribution in [1.29, 1.82) is 0 Å². The molecule has 0 heterocycles. The molecule has 0 aliphatic rings. The topological polar surface area (TPSA) is 69.2 Å². The van der Waals surface area contributed by atoms with E-state index in [1.54, 1.807) is 6.21 Å². The number of hydrogen-bond acceptors (Lipinski definition) is 5. The minimum Gasteiger partial charge on any atom is -0.493 e. The molecular formula is C21H25IN2O4. The molecular weight excluding hydrogens is 471 g/mol. The van der Waals surface area contributed by atoms with Crippen LogP contribution in [0.4, 0.5) is 0 Å². The number of nitrogens with zero attached hydrogens (tertiary/aromatic N) is 1. The van der Waals surface area contributed by atoms with Crippen LogP contribution in [-0.2, 0) is 4.79 Å². The first-order chi connectivity index (χ1) is 13.6. The third kappa shape index (κ3) is 7.75. The summed E-state index contributed by atoms with van der Waals surface area (Å²) in [5.74, 6) is 1.72. The molecule has 0 bridgehead atoms. The summed E-state index contributed by atoms with van der Waals surface area (Å²) in [4.78, 5) is 11.9. The highest BCUT2D eigenvalue weighted by Gasteiger charge is 2.06. The van der Waals surface area contributed by atoms with E-state index >= 15 is 0 Å². The number of ether oxygens (including phenoxy) is 3. The van der Waals surface area contributed by atoms with Crippen LogP contribution >= 0.6 is 22.6 Å². The van der Waals surface area contributed by atoms with Crippen molar-refractivity contribution in [2.75, 3.05) is 19.8 Å². The molecule has 0 aliphatic heterocycles. The maximum absolute atomic E-state index is 11.9. The average Bonchev–Trinajstić information content (AvgIpc) is 2.71. The Labute approximate surface area is 179 Å². The maximum Gasteiger partial charge on any atom is 0.277 e. The summed E-state index contributed by atoms with van der Waals surface area (Å²) in [6, 6.07) is 13.0. The number of hydrogen-bond donors (Lipinski definition) is 1. The van der Waals surface area contributed by atoms with Crippen molar-refractivity contribution < 1.29 is 19.0 Å². The van der Waals surface area contributed by atoms with Crippen molar-refractivity contribution in [1.82, 2.24) is 5.43 Å². The molecule has 0 fully saturated rings. The van der Waals surface area contributed by atoms with Gasteiger partial charge in [0.15, 0.2) is 6.61 Å². The first-order valence-electron chi connectivity index (χ1n) is 9.22. The molecule has 0 saturated carbocycles. The van der Waals surface area contributed by atoms with Crippen molar-refractivity contribution in [3.8, 4) is 17.2 Å². The van der Waals surface area contributed by atoms with Gasteiger partial charge in [-0.05, 0) is 71.8 Å². The number of carbonyl (C=O) groups excluding carboxylic acids is 1. The van der Waals surface area contributed by atoms with Gasteiger partial charge in [-0.25, -0.2) is 5.43 Å². The van der Waals surface area contributed by atoms with Crippen LogP contribution in [0.15, 0.2) is 47.6 Å². The zero-order chi connectivity index (χ0) is 20.2. The fraction of sp³-hybridized carbons (Fsp3) is 0.333. The van der Waals surface area contributed by atoms with E-state index in [2.05, 4.69) is 40.0 Å². The molecule has 0 aromatic heterocycles. The van der Waals surface area contributed by atoms with Gasteiger partial charge in [0.2, 0.25) is 0 Å². The van der Waals surface area contributed by atoms with Crippen LogP contribution in [-0.4, -0.2) is 31.9 Å². The second-order valence-corrected chi connectivity index (χ2v) is 7.18. The van der Waals surface area contributed by atoms with Gasteiger partial charge >= 0.3 is 0 Å². The van der Waals surface area contributed by atoms with Crippen LogP contribution in [0.3, 0.4) is 0 Å². The summed E-state index contributed by atoms with van der Waals surface area (Å²) in [6.45, 7) is 5.23. The quantitative estimate of drug-likeness (QED) is 0.285. The molecule has 2 aromatic rings.